The van der Waals surface area contributed by atoms with Crippen molar-refractivity contribution in [2.45, 2.75) is 137 Å². The molecular formula is C70H82F2N16O14S2. The Kier molecular flexibility index (Phi) is 27.4. The lowest BCUT2D eigenvalue weighted by Crippen LogP contribution is -2.61. The summed E-state index contributed by atoms with van der Waals surface area (Å²) in [4.78, 5) is 184. The highest BCUT2D eigenvalue weighted by atomic mass is 32.2. The van der Waals surface area contributed by atoms with E-state index < -0.39 is 163 Å². The molecule has 3 aromatic heterocycles. The number of amides is 11. The van der Waals surface area contributed by atoms with E-state index in [1.807, 2.05) is 24.3 Å². The van der Waals surface area contributed by atoms with Crippen molar-refractivity contribution in [2.75, 3.05) is 31.1 Å². The second-order valence-corrected chi connectivity index (χ2v) is 27.4. The molecule has 0 radical (unpaired) electrons. The zero-order valence-corrected chi connectivity index (χ0v) is 58.2. The summed E-state index contributed by atoms with van der Waals surface area (Å²) in [5.74, 6) is -12.4. The van der Waals surface area contributed by atoms with Gasteiger partial charge in [0.05, 0.1) is 19.3 Å². The average Bonchev–Trinajstić information content (AvgIpc) is 1.63. The Morgan fingerprint density at radius 2 is 1.21 bits per heavy atom. The molecule has 0 unspecified atom stereocenters. The average molecular weight is 1470 g/mol. The van der Waals surface area contributed by atoms with Gasteiger partial charge in [-0.3, -0.25) is 57.5 Å². The predicted molar refractivity (Wildman–Crippen MR) is 380 cm³/mol. The van der Waals surface area contributed by atoms with Crippen LogP contribution in [-0.2, 0) is 94.7 Å². The fourth-order valence-corrected chi connectivity index (χ4v) is 14.2. The summed E-state index contributed by atoms with van der Waals surface area (Å²) in [5, 5.41) is 44.5. The number of primary amides is 1. The van der Waals surface area contributed by atoms with Gasteiger partial charge in [-0.15, -0.1) is 0 Å². The second-order valence-electron chi connectivity index (χ2n) is 25.4. The molecule has 11 amide bonds. The molecule has 2 bridgehead atoms. The number of thioether (sulfide) groups is 2. The van der Waals surface area contributed by atoms with Gasteiger partial charge in [-0.25, -0.2) is 13.8 Å². The number of hydrogen-bond acceptors (Lipinski definition) is 17. The number of carboxylic acid groups (broad SMARTS) is 1. The highest BCUT2D eigenvalue weighted by molar-refractivity contribution is 7.98. The molecule has 552 valence electrons. The molecule has 7 aromatic rings. The van der Waals surface area contributed by atoms with Gasteiger partial charge >= 0.3 is 5.97 Å². The first kappa shape index (κ1) is 77.3. The number of fused-ring (bicyclic) bond motifs is 5. The molecular weight excluding hydrogens is 1390 g/mol. The van der Waals surface area contributed by atoms with Crippen LogP contribution in [0.2, 0.25) is 0 Å². The number of phenolic OH excluding ortho intramolecular Hbond substituents is 1. The van der Waals surface area contributed by atoms with Crippen molar-refractivity contribution in [3.8, 4) is 5.75 Å². The number of hydrogen-bond donors (Lipinski definition) is 16. The van der Waals surface area contributed by atoms with E-state index in [9.17, 15) is 62.1 Å². The van der Waals surface area contributed by atoms with Gasteiger partial charge in [0.25, 0.3) is 0 Å². The first-order chi connectivity index (χ1) is 49.9. The van der Waals surface area contributed by atoms with Crippen LogP contribution in [0.5, 0.6) is 5.75 Å². The Bertz CT molecular complexity index is 4270. The van der Waals surface area contributed by atoms with E-state index in [2.05, 4.69) is 67.8 Å². The van der Waals surface area contributed by atoms with E-state index in [-0.39, 0.29) is 78.2 Å². The highest BCUT2D eigenvalue weighted by Crippen LogP contribution is 2.26. The van der Waals surface area contributed by atoms with E-state index in [1.54, 1.807) is 0 Å². The number of aromatic nitrogens is 4. The number of carbonyl (C=O) groups is 12. The number of benzene rings is 4. The Morgan fingerprint density at radius 3 is 1.80 bits per heavy atom. The van der Waals surface area contributed by atoms with Crippen molar-refractivity contribution >= 4 is 116 Å². The number of unbranched alkanes of at least 4 members (excludes halogenated alkanes) is 1. The summed E-state index contributed by atoms with van der Waals surface area (Å²) in [6.45, 7) is 0.657. The normalized spacial score (nSPS) is 22.3. The van der Waals surface area contributed by atoms with Crippen molar-refractivity contribution in [1.29, 1.82) is 0 Å². The number of rotatable bonds is 16. The Labute approximate surface area is 603 Å². The number of imidazole rings is 1. The van der Waals surface area contributed by atoms with Crippen LogP contribution in [0.15, 0.2) is 110 Å². The van der Waals surface area contributed by atoms with Crippen LogP contribution < -0.4 is 59.3 Å². The molecule has 104 heavy (non-hydrogen) atoms. The molecule has 5 heterocycles. The third-order valence-electron chi connectivity index (χ3n) is 17.5. The number of aromatic hydroxyl groups is 1. The van der Waals surface area contributed by atoms with Gasteiger partial charge in [0.1, 0.15) is 71.8 Å². The van der Waals surface area contributed by atoms with E-state index >= 15 is 14.4 Å². The summed E-state index contributed by atoms with van der Waals surface area (Å²) < 4.78 is 29.9. The molecule has 30 nitrogen and oxygen atoms in total. The summed E-state index contributed by atoms with van der Waals surface area (Å²) in [5.41, 5.74) is 15.3. The molecule has 1 saturated heterocycles. The zero-order chi connectivity index (χ0) is 74.6. The summed E-state index contributed by atoms with van der Waals surface area (Å²) in [6, 6.07) is 6.99. The number of nitrogens with zero attached hydrogens (tertiary/aromatic N) is 2. The van der Waals surface area contributed by atoms with Gasteiger partial charge in [0.2, 0.25) is 65.0 Å². The van der Waals surface area contributed by atoms with E-state index in [0.29, 0.717) is 52.8 Å². The number of nitrogens with two attached hydrogens (primary N) is 2. The molecule has 0 spiro atoms. The molecule has 9 atom stereocenters. The van der Waals surface area contributed by atoms with Crippen LogP contribution in [0.25, 0.3) is 21.8 Å². The van der Waals surface area contributed by atoms with Gasteiger partial charge in [-0.2, -0.15) is 23.5 Å². The van der Waals surface area contributed by atoms with E-state index in [4.69, 9.17) is 11.5 Å². The third kappa shape index (κ3) is 21.8. The maximum Gasteiger partial charge on any atom is 0.305 e. The number of phenols is 1. The van der Waals surface area contributed by atoms with Gasteiger partial charge < -0.3 is 89.4 Å². The zero-order valence-electron chi connectivity index (χ0n) is 56.5. The van der Waals surface area contributed by atoms with Crippen LogP contribution in [0.3, 0.4) is 0 Å². The standard InChI is InChI=1S/C70H82F2N16O14S2/c1-37(89)80-58-35-104-33-40-7-4-6-39(20-40)32-103-34-57(62(74)94)87-69(101)59-9-5-19-88(59)70(102)56(21-38-10-14-46(90)15-11-38)86-66(98)54(26-45-30-75-36-79-45)84-67(99)55(27-61(92)93)85-65(97)53(23-42-29-77-50-17-13-44(72)25-48(42)50)83-64(96)52(22-41-28-76-49-16-12-43(71)24-47(41)49)81-60(91)31-78-63(95)51(82-68(58)100)8-2-3-18-73/h4,6-7,10-17,20,24-25,28-30,36,51-59,76-77,90H,2-3,5,8-9,18-19,21-23,26-27,31-35,73H2,1H3,(H2,74,94)(H,75,79)(H,78,95)(H,80,89)(H,81,91)(H,82,100)(H,83,96)(H,84,99)(H,85,97)(H,86,98)(H,87,101)(H,92,93)/t51-,52-,53-,54-,55-,56-,57-,58-,59-/m0/s1. The second kappa shape index (κ2) is 36.8. The molecule has 9 rings (SSSR count). The van der Waals surface area contributed by atoms with Gasteiger partial charge in [0.15, 0.2) is 0 Å². The molecule has 0 saturated carbocycles. The number of H-pyrrole nitrogens is 3. The van der Waals surface area contributed by atoms with E-state index in [1.165, 1.54) is 115 Å². The number of nitrogens with one attached hydrogen (secondary N) is 12. The maximum absolute atomic E-state index is 15.1. The highest BCUT2D eigenvalue weighted by Gasteiger charge is 2.41. The maximum atomic E-state index is 15.1. The summed E-state index contributed by atoms with van der Waals surface area (Å²) in [6.07, 6.45) is 4.02. The van der Waals surface area contributed by atoms with Crippen LogP contribution in [0.4, 0.5) is 8.78 Å². The quantitative estimate of drug-likeness (QED) is 0.0598. The Hall–Kier alpha value is -10.9. The van der Waals surface area contributed by atoms with Gasteiger partial charge in [0, 0.05) is 108 Å². The van der Waals surface area contributed by atoms with Gasteiger partial charge in [-0.05, 0) is 115 Å². The SMILES string of the molecule is CC(=O)N[C@H]1CSCc2cccc(c2)CSC[C@@H](C(N)=O)NC(=O)[C@@H]2CCCN2C(=O)[C@H](Cc2ccc(O)cc2)NC(=O)[C@H](Cc2cnc[nH]2)NC(=O)[C@H](CC(=O)O)NC(=O)[C@H](Cc2c[nH]c3ccc(F)cc23)NC(=O)[C@H](Cc2c[nH]c3ccc(F)cc23)NC(=O)CNC(=O)[C@H](CCCCN)NC1=O. The Morgan fingerprint density at radius 1 is 0.635 bits per heavy atom. The number of aromatic amines is 3. The summed E-state index contributed by atoms with van der Waals surface area (Å²) >= 11 is 2.58. The van der Waals surface area contributed by atoms with Crippen molar-refractivity contribution < 1.29 is 76.5 Å². The number of carboxylic acids is 1. The molecule has 0 aliphatic carbocycles. The molecule has 18 N–H and O–H groups in total. The van der Waals surface area contributed by atoms with Crippen LogP contribution in [0, 0.1) is 11.6 Å². The number of halogens is 2. The molecule has 4 aromatic carbocycles. The Balaban J connectivity index is 1.07. The van der Waals surface area contributed by atoms with Crippen molar-refractivity contribution in [2.24, 2.45) is 11.5 Å². The van der Waals surface area contributed by atoms with Crippen molar-refractivity contribution in [1.82, 2.24) is 72.7 Å². The first-order valence-electron chi connectivity index (χ1n) is 33.6. The first-order valence-corrected chi connectivity index (χ1v) is 35.9. The minimum Gasteiger partial charge on any atom is -0.508 e. The molecule has 2 aliphatic heterocycles. The van der Waals surface area contributed by atoms with Crippen molar-refractivity contribution in [3.63, 3.8) is 0 Å². The number of aliphatic carboxylic acids is 1. The smallest absolute Gasteiger partial charge is 0.305 e. The van der Waals surface area contributed by atoms with Crippen LogP contribution in [0.1, 0.15) is 79.0 Å². The van der Waals surface area contributed by atoms with Gasteiger partial charge in [-0.1, -0.05) is 36.4 Å². The lowest BCUT2D eigenvalue weighted by atomic mass is 10.0. The number of carbonyl (C=O) groups excluding carboxylic acids is 11. The minimum absolute atomic E-state index is 0.00810. The molecule has 1 fully saturated rings. The predicted octanol–water partition coefficient (Wildman–Crippen LogP) is 0.901. The van der Waals surface area contributed by atoms with Crippen LogP contribution >= 0.6 is 23.5 Å². The van der Waals surface area contributed by atoms with Crippen LogP contribution in [-0.4, -0.2) is 192 Å². The third-order valence-corrected chi connectivity index (χ3v) is 19.7. The van der Waals surface area contributed by atoms with Crippen molar-refractivity contribution in [3.05, 3.63) is 155 Å². The minimum atomic E-state index is -2.07. The largest absolute Gasteiger partial charge is 0.508 e. The lowest BCUT2D eigenvalue weighted by molar-refractivity contribution is -0.143. The fourth-order valence-electron chi connectivity index (χ4n) is 12.2. The molecule has 2 aliphatic rings. The lowest BCUT2D eigenvalue weighted by Gasteiger charge is -2.31. The fraction of sp³-hybridized carbons (Fsp3) is 0.386. The summed E-state index contributed by atoms with van der Waals surface area (Å²) in [7, 11) is 0. The van der Waals surface area contributed by atoms with E-state index in [0.717, 1.165) is 17.2 Å². The molecule has 34 heteroatoms. The topological polar surface area (TPSA) is 469 Å². The monoisotopic (exact) mass is 1470 g/mol.